The number of carbonyl (C=O) groups is 1. The van der Waals surface area contributed by atoms with Crippen LogP contribution in [0.5, 0.6) is 5.75 Å². The number of hydrogen-bond donors (Lipinski definition) is 1. The molecule has 2 rings (SSSR count). The van der Waals surface area contributed by atoms with Crippen LogP contribution in [0, 0.1) is 11.3 Å². The van der Waals surface area contributed by atoms with Gasteiger partial charge in [-0.15, -0.1) is 0 Å². The predicted octanol–water partition coefficient (Wildman–Crippen LogP) is 3.77. The van der Waals surface area contributed by atoms with Crippen molar-refractivity contribution < 1.29 is 23.4 Å². The van der Waals surface area contributed by atoms with Crippen LogP contribution in [0.1, 0.15) is 33.5 Å². The Hall–Kier alpha value is -2.94. The van der Waals surface area contributed by atoms with Crippen LogP contribution in [0.4, 0.5) is 8.78 Å². The lowest BCUT2D eigenvalue weighted by molar-refractivity contribution is 0.0696. The van der Waals surface area contributed by atoms with E-state index in [0.29, 0.717) is 5.56 Å². The summed E-state index contributed by atoms with van der Waals surface area (Å²) in [5, 5.41) is 17.9. The lowest BCUT2D eigenvalue weighted by atomic mass is 10.1. The van der Waals surface area contributed by atoms with Crippen LogP contribution < -0.4 is 4.74 Å². The zero-order valence-corrected chi connectivity index (χ0v) is 11.3. The van der Waals surface area contributed by atoms with Gasteiger partial charge in [0, 0.05) is 0 Å². The highest BCUT2D eigenvalue weighted by Crippen LogP contribution is 2.29. The molecule has 0 saturated heterocycles. The fraction of sp³-hybridized carbons (Fsp3) is 0.125. The minimum atomic E-state index is -2.67. The van der Waals surface area contributed by atoms with Gasteiger partial charge in [-0.05, 0) is 35.9 Å². The van der Waals surface area contributed by atoms with E-state index in [4.69, 9.17) is 15.1 Å². The van der Waals surface area contributed by atoms with Crippen molar-refractivity contribution in [1.82, 2.24) is 0 Å². The van der Waals surface area contributed by atoms with Crippen molar-refractivity contribution in [2.75, 3.05) is 0 Å². The van der Waals surface area contributed by atoms with Crippen molar-refractivity contribution in [2.45, 2.75) is 13.0 Å². The molecular formula is C16H11F2NO3. The van der Waals surface area contributed by atoms with Crippen molar-refractivity contribution in [3.8, 4) is 11.8 Å². The number of nitrogens with zero attached hydrogens (tertiary/aromatic N) is 1. The molecule has 0 saturated carbocycles. The summed E-state index contributed by atoms with van der Waals surface area (Å²) in [5.41, 5.74) is 0.290. The largest absolute Gasteiger partial charge is 0.488 e. The van der Waals surface area contributed by atoms with Gasteiger partial charge in [0.1, 0.15) is 12.4 Å². The van der Waals surface area contributed by atoms with Gasteiger partial charge in [0.25, 0.3) is 6.43 Å². The maximum Gasteiger partial charge on any atom is 0.335 e. The van der Waals surface area contributed by atoms with Crippen molar-refractivity contribution in [1.29, 1.82) is 5.26 Å². The first kappa shape index (κ1) is 15.4. The molecule has 1 N–H and O–H groups in total. The van der Waals surface area contributed by atoms with Crippen LogP contribution in [0.25, 0.3) is 0 Å². The standard InChI is InChI=1S/C16H11F2NO3/c17-15(18)13-3-1-2-4-14(13)22-9-11-5-10(8-19)6-12(7-11)16(20)21/h1-7,15H,9H2,(H,20,21). The van der Waals surface area contributed by atoms with Gasteiger partial charge in [-0.25, -0.2) is 13.6 Å². The fourth-order valence-corrected chi connectivity index (χ4v) is 1.92. The highest BCUT2D eigenvalue weighted by atomic mass is 19.3. The number of rotatable bonds is 5. The number of nitriles is 1. The molecule has 0 heterocycles. The molecule has 0 fully saturated rings. The first-order valence-electron chi connectivity index (χ1n) is 6.28. The zero-order valence-electron chi connectivity index (χ0n) is 11.3. The summed E-state index contributed by atoms with van der Waals surface area (Å²) in [7, 11) is 0. The molecule has 0 spiro atoms. The highest BCUT2D eigenvalue weighted by Gasteiger charge is 2.14. The lowest BCUT2D eigenvalue weighted by Gasteiger charge is -2.11. The third-order valence-corrected chi connectivity index (χ3v) is 2.92. The topological polar surface area (TPSA) is 70.3 Å². The fourth-order valence-electron chi connectivity index (χ4n) is 1.92. The Morgan fingerprint density at radius 3 is 2.64 bits per heavy atom. The van der Waals surface area contributed by atoms with Gasteiger partial charge in [0.2, 0.25) is 0 Å². The van der Waals surface area contributed by atoms with E-state index >= 15 is 0 Å². The second kappa shape index (κ2) is 6.68. The molecular weight excluding hydrogens is 292 g/mol. The smallest absolute Gasteiger partial charge is 0.335 e. The maximum atomic E-state index is 12.8. The van der Waals surface area contributed by atoms with Crippen molar-refractivity contribution >= 4 is 5.97 Å². The molecule has 0 bridgehead atoms. The molecule has 0 radical (unpaired) electrons. The molecule has 2 aromatic rings. The molecule has 4 nitrogen and oxygen atoms in total. The van der Waals surface area contributed by atoms with Gasteiger partial charge >= 0.3 is 5.97 Å². The van der Waals surface area contributed by atoms with E-state index in [9.17, 15) is 13.6 Å². The molecule has 0 aliphatic rings. The van der Waals surface area contributed by atoms with Crippen LogP contribution in [-0.2, 0) is 6.61 Å². The average molecular weight is 303 g/mol. The van der Waals surface area contributed by atoms with Crippen molar-refractivity contribution in [2.24, 2.45) is 0 Å². The number of alkyl halides is 2. The number of halogens is 2. The first-order chi connectivity index (χ1) is 10.5. The molecule has 0 aliphatic carbocycles. The summed E-state index contributed by atoms with van der Waals surface area (Å²) < 4.78 is 31.0. The second-order valence-corrected chi connectivity index (χ2v) is 4.46. The van der Waals surface area contributed by atoms with Crippen LogP contribution in [0.3, 0.4) is 0 Å². The number of carboxylic acids is 1. The van der Waals surface area contributed by atoms with E-state index in [1.165, 1.54) is 36.4 Å². The Morgan fingerprint density at radius 2 is 2.00 bits per heavy atom. The number of ether oxygens (including phenoxy) is 1. The van der Waals surface area contributed by atoms with E-state index in [1.807, 2.05) is 6.07 Å². The van der Waals surface area contributed by atoms with Crippen LogP contribution >= 0.6 is 0 Å². The Labute approximate surface area is 125 Å². The SMILES string of the molecule is N#Cc1cc(COc2ccccc2C(F)F)cc(C(=O)O)c1. The van der Waals surface area contributed by atoms with Gasteiger partial charge in [-0.2, -0.15) is 5.26 Å². The van der Waals surface area contributed by atoms with E-state index in [2.05, 4.69) is 0 Å². The van der Waals surface area contributed by atoms with E-state index in [-0.39, 0.29) is 29.0 Å². The van der Waals surface area contributed by atoms with Crippen LogP contribution in [0.15, 0.2) is 42.5 Å². The summed E-state index contributed by atoms with van der Waals surface area (Å²) in [5.74, 6) is -1.15. The summed E-state index contributed by atoms with van der Waals surface area (Å²) in [6, 6.07) is 11.6. The Bertz CT molecular complexity index is 738. The van der Waals surface area contributed by atoms with Crippen molar-refractivity contribution in [3.05, 3.63) is 64.7 Å². The molecule has 6 heteroatoms. The summed E-state index contributed by atoms with van der Waals surface area (Å²) in [6.07, 6.45) is -2.67. The molecule has 112 valence electrons. The third kappa shape index (κ3) is 3.58. The molecule has 0 unspecified atom stereocenters. The second-order valence-electron chi connectivity index (χ2n) is 4.46. The van der Waals surface area contributed by atoms with Crippen LogP contribution in [0.2, 0.25) is 0 Å². The van der Waals surface area contributed by atoms with Gasteiger partial charge in [0.15, 0.2) is 0 Å². The quantitative estimate of drug-likeness (QED) is 0.912. The van der Waals surface area contributed by atoms with Gasteiger partial charge < -0.3 is 9.84 Å². The Kier molecular flexibility index (Phi) is 4.69. The van der Waals surface area contributed by atoms with E-state index in [0.717, 1.165) is 0 Å². The molecule has 0 amide bonds. The monoisotopic (exact) mass is 303 g/mol. The number of hydrogen-bond acceptors (Lipinski definition) is 3. The minimum absolute atomic E-state index is 0.0248. The molecule has 0 atom stereocenters. The van der Waals surface area contributed by atoms with Gasteiger partial charge in [-0.3, -0.25) is 0 Å². The van der Waals surface area contributed by atoms with Gasteiger partial charge in [0.05, 0.1) is 22.8 Å². The van der Waals surface area contributed by atoms with Gasteiger partial charge in [-0.1, -0.05) is 12.1 Å². The highest BCUT2D eigenvalue weighted by molar-refractivity contribution is 5.88. The van der Waals surface area contributed by atoms with Crippen LogP contribution in [-0.4, -0.2) is 11.1 Å². The minimum Gasteiger partial charge on any atom is -0.488 e. The van der Waals surface area contributed by atoms with E-state index < -0.39 is 12.4 Å². The molecule has 22 heavy (non-hydrogen) atoms. The molecule has 0 aliphatic heterocycles. The lowest BCUT2D eigenvalue weighted by Crippen LogP contribution is -2.03. The normalized spacial score (nSPS) is 10.3. The summed E-state index contributed by atoms with van der Waals surface area (Å²) in [6.45, 7) is -0.112. The Balaban J connectivity index is 2.24. The maximum absolute atomic E-state index is 12.8. The number of carboxylic acid groups (broad SMARTS) is 1. The number of aromatic carboxylic acids is 1. The molecule has 2 aromatic carbocycles. The summed E-state index contributed by atoms with van der Waals surface area (Å²) in [4.78, 5) is 11.0. The molecule has 0 aromatic heterocycles. The predicted molar refractivity (Wildman–Crippen MR) is 73.8 cm³/mol. The van der Waals surface area contributed by atoms with E-state index in [1.54, 1.807) is 6.07 Å². The summed E-state index contributed by atoms with van der Waals surface area (Å²) >= 11 is 0. The number of para-hydroxylation sites is 1. The Morgan fingerprint density at radius 1 is 1.27 bits per heavy atom. The zero-order chi connectivity index (χ0) is 16.1. The van der Waals surface area contributed by atoms with Crippen molar-refractivity contribution in [3.63, 3.8) is 0 Å². The first-order valence-corrected chi connectivity index (χ1v) is 6.28. The number of benzene rings is 2. The third-order valence-electron chi connectivity index (χ3n) is 2.92. The average Bonchev–Trinajstić information content (AvgIpc) is 2.52.